The quantitative estimate of drug-likeness (QED) is 0.0199. The van der Waals surface area contributed by atoms with Crippen LogP contribution in [0.1, 0.15) is 213 Å². The Morgan fingerprint density at radius 2 is 0.730 bits per heavy atom. The molecule has 0 radical (unpaired) electrons. The molecule has 0 fully saturated rings. The molecule has 0 N–H and O–H groups in total. The normalized spacial score (nSPS) is 13.0. The van der Waals surface area contributed by atoms with Gasteiger partial charge in [0, 0.05) is 19.3 Å². The lowest BCUT2D eigenvalue weighted by Crippen LogP contribution is -2.30. The molecule has 0 saturated heterocycles. The molecule has 0 aromatic heterocycles. The minimum Gasteiger partial charge on any atom is -0.462 e. The molecule has 0 amide bonds. The molecule has 0 spiro atoms. The number of hydrogen-bond acceptors (Lipinski definition) is 6. The number of hydrogen-bond donors (Lipinski definition) is 0. The van der Waals surface area contributed by atoms with Crippen molar-refractivity contribution >= 4 is 17.9 Å². The Balaban J connectivity index is 4.48. The molecular weight excluding hydrogens is 781 g/mol. The molecule has 0 heterocycles. The predicted molar refractivity (Wildman–Crippen MR) is 270 cm³/mol. The Morgan fingerprint density at radius 1 is 0.349 bits per heavy atom. The van der Waals surface area contributed by atoms with Gasteiger partial charge in [0.1, 0.15) is 13.2 Å². The van der Waals surface area contributed by atoms with Gasteiger partial charge >= 0.3 is 17.9 Å². The summed E-state index contributed by atoms with van der Waals surface area (Å²) in [7, 11) is 0. The molecule has 1 unspecified atom stereocenters. The van der Waals surface area contributed by atoms with Crippen molar-refractivity contribution in [2.75, 3.05) is 13.2 Å². The highest BCUT2D eigenvalue weighted by Crippen LogP contribution is 2.13. The van der Waals surface area contributed by atoms with Crippen LogP contribution in [0, 0.1) is 0 Å². The Kier molecular flexibility index (Phi) is 47.5. The molecule has 6 nitrogen and oxygen atoms in total. The van der Waals surface area contributed by atoms with Gasteiger partial charge in [0.05, 0.1) is 0 Å². The van der Waals surface area contributed by atoms with Crippen molar-refractivity contribution in [2.24, 2.45) is 0 Å². The van der Waals surface area contributed by atoms with Gasteiger partial charge in [0.15, 0.2) is 6.10 Å². The second-order valence-electron chi connectivity index (χ2n) is 16.4. The van der Waals surface area contributed by atoms with Gasteiger partial charge in [-0.1, -0.05) is 214 Å². The zero-order chi connectivity index (χ0) is 45.8. The molecule has 0 saturated carbocycles. The molecule has 6 heteroatoms. The highest BCUT2D eigenvalue weighted by atomic mass is 16.6. The van der Waals surface area contributed by atoms with Gasteiger partial charge in [-0.3, -0.25) is 14.4 Å². The number of rotatable bonds is 44. The molecule has 0 aliphatic heterocycles. The van der Waals surface area contributed by atoms with Crippen molar-refractivity contribution in [3.63, 3.8) is 0 Å². The first-order valence-electron chi connectivity index (χ1n) is 25.4. The van der Waals surface area contributed by atoms with Crippen LogP contribution < -0.4 is 0 Å². The standard InChI is InChI=1S/C57H92O6/c1-4-7-10-13-16-19-22-25-26-27-28-29-30-33-35-38-41-44-47-50-56(59)62-53-54(63-57(60)51-48-45-42-39-36-32-24-21-18-15-12-9-6-3)52-61-55(58)49-46-43-40-37-34-31-23-20-17-14-11-8-5-2/h7,9-10,12,15-16,18-19,21,24-26,31-32,34,36,40,43,54H,4-6,8,11,13-14,17,20,22-23,27-30,33,35,37-39,41-42,44-53H2,1-3H3/b10-7-,12-9-,18-15-,19-16-,24-21-,26-25-,34-31-,36-32-,43-40-. The van der Waals surface area contributed by atoms with Gasteiger partial charge in [-0.05, 0) is 89.9 Å². The van der Waals surface area contributed by atoms with E-state index in [9.17, 15) is 14.4 Å². The van der Waals surface area contributed by atoms with Crippen molar-refractivity contribution in [1.82, 2.24) is 0 Å². The van der Waals surface area contributed by atoms with Crippen LogP contribution in [0.25, 0.3) is 0 Å². The van der Waals surface area contributed by atoms with Crippen LogP contribution in [0.2, 0.25) is 0 Å². The second kappa shape index (κ2) is 50.7. The molecule has 0 rings (SSSR count). The second-order valence-corrected chi connectivity index (χ2v) is 16.4. The third-order valence-electron chi connectivity index (χ3n) is 10.4. The summed E-state index contributed by atoms with van der Waals surface area (Å²) in [6.45, 7) is 6.27. The van der Waals surface area contributed by atoms with Crippen LogP contribution in [-0.2, 0) is 28.6 Å². The topological polar surface area (TPSA) is 78.9 Å². The smallest absolute Gasteiger partial charge is 0.306 e. The van der Waals surface area contributed by atoms with Gasteiger partial charge in [0.2, 0.25) is 0 Å². The Labute approximate surface area is 387 Å². The van der Waals surface area contributed by atoms with E-state index in [1.807, 2.05) is 42.5 Å². The summed E-state index contributed by atoms with van der Waals surface area (Å²) in [6.07, 6.45) is 68.0. The number of allylic oxidation sites excluding steroid dienone is 18. The first kappa shape index (κ1) is 59.1. The molecule has 0 aliphatic rings. The highest BCUT2D eigenvalue weighted by Gasteiger charge is 2.19. The van der Waals surface area contributed by atoms with E-state index >= 15 is 0 Å². The Morgan fingerprint density at radius 3 is 1.27 bits per heavy atom. The molecule has 1 atom stereocenters. The third kappa shape index (κ3) is 49.0. The summed E-state index contributed by atoms with van der Waals surface area (Å²) in [5.74, 6) is -1.04. The van der Waals surface area contributed by atoms with Crippen LogP contribution in [0.3, 0.4) is 0 Å². The fourth-order valence-corrected chi connectivity index (χ4v) is 6.58. The van der Waals surface area contributed by atoms with Crippen molar-refractivity contribution in [1.29, 1.82) is 0 Å². The van der Waals surface area contributed by atoms with Crippen LogP contribution >= 0.6 is 0 Å². The summed E-state index contributed by atoms with van der Waals surface area (Å²) >= 11 is 0. The van der Waals surface area contributed by atoms with E-state index in [-0.39, 0.29) is 44.0 Å². The molecule has 0 aromatic rings. The predicted octanol–water partition coefficient (Wildman–Crippen LogP) is 16.8. The lowest BCUT2D eigenvalue weighted by molar-refractivity contribution is -0.166. The summed E-state index contributed by atoms with van der Waals surface area (Å²) in [6, 6.07) is 0. The molecule has 0 aromatic carbocycles. The monoisotopic (exact) mass is 873 g/mol. The van der Waals surface area contributed by atoms with Gasteiger partial charge in [0.25, 0.3) is 0 Å². The average molecular weight is 873 g/mol. The average Bonchev–Trinajstić information content (AvgIpc) is 3.28. The van der Waals surface area contributed by atoms with Gasteiger partial charge in [-0.15, -0.1) is 0 Å². The molecule has 63 heavy (non-hydrogen) atoms. The number of esters is 3. The summed E-state index contributed by atoms with van der Waals surface area (Å²) < 4.78 is 16.7. The Bertz CT molecular complexity index is 1330. The molecule has 0 aliphatic carbocycles. The Hall–Kier alpha value is -3.93. The fraction of sp³-hybridized carbons (Fsp3) is 0.632. The first-order chi connectivity index (χ1) is 31.0. The lowest BCUT2D eigenvalue weighted by Gasteiger charge is -2.18. The van der Waals surface area contributed by atoms with Crippen molar-refractivity contribution in [2.45, 2.75) is 219 Å². The summed E-state index contributed by atoms with van der Waals surface area (Å²) in [5.41, 5.74) is 0. The number of ether oxygens (including phenoxy) is 3. The van der Waals surface area contributed by atoms with Crippen molar-refractivity contribution < 1.29 is 28.6 Å². The zero-order valence-corrected chi connectivity index (χ0v) is 40.5. The maximum absolute atomic E-state index is 12.8. The van der Waals surface area contributed by atoms with Crippen LogP contribution in [0.15, 0.2) is 109 Å². The van der Waals surface area contributed by atoms with E-state index in [4.69, 9.17) is 14.2 Å². The van der Waals surface area contributed by atoms with E-state index in [1.165, 1.54) is 77.0 Å². The maximum atomic E-state index is 12.8. The van der Waals surface area contributed by atoms with Crippen molar-refractivity contribution in [3.8, 4) is 0 Å². The largest absolute Gasteiger partial charge is 0.462 e. The molecule has 356 valence electrons. The van der Waals surface area contributed by atoms with Crippen LogP contribution in [0.4, 0.5) is 0 Å². The zero-order valence-electron chi connectivity index (χ0n) is 40.5. The van der Waals surface area contributed by atoms with Gasteiger partial charge in [-0.2, -0.15) is 0 Å². The molecular formula is C57H92O6. The van der Waals surface area contributed by atoms with Crippen molar-refractivity contribution in [3.05, 3.63) is 109 Å². The number of carbonyl (C=O) groups is 3. The minimum atomic E-state index is -0.824. The van der Waals surface area contributed by atoms with E-state index in [1.54, 1.807) is 0 Å². The number of unbranched alkanes of at least 4 members (excludes halogenated alkanes) is 18. The van der Waals surface area contributed by atoms with E-state index < -0.39 is 6.10 Å². The van der Waals surface area contributed by atoms with E-state index in [0.717, 1.165) is 83.5 Å². The van der Waals surface area contributed by atoms with Gasteiger partial charge < -0.3 is 14.2 Å². The SMILES string of the molecule is CC\C=C/C=C\C=C/C=C\CCCCCC(=O)OC(COC(=O)CC/C=C\C/C=C\CCCCCCCC)COC(=O)CCCCCCCCCCC/C=C\C/C=C\C/C=C\CC. The lowest BCUT2D eigenvalue weighted by atomic mass is 10.1. The first-order valence-corrected chi connectivity index (χ1v) is 25.4. The maximum Gasteiger partial charge on any atom is 0.306 e. The highest BCUT2D eigenvalue weighted by molar-refractivity contribution is 5.71. The third-order valence-corrected chi connectivity index (χ3v) is 10.4. The molecule has 0 bridgehead atoms. The fourth-order valence-electron chi connectivity index (χ4n) is 6.58. The van der Waals surface area contributed by atoms with Crippen LogP contribution in [-0.4, -0.2) is 37.2 Å². The number of carbonyl (C=O) groups excluding carboxylic acids is 3. The van der Waals surface area contributed by atoms with E-state index in [0.29, 0.717) is 19.3 Å². The minimum absolute atomic E-state index is 0.116. The summed E-state index contributed by atoms with van der Waals surface area (Å²) in [5, 5.41) is 0. The van der Waals surface area contributed by atoms with Gasteiger partial charge in [-0.25, -0.2) is 0 Å². The van der Waals surface area contributed by atoms with Crippen LogP contribution in [0.5, 0.6) is 0 Å². The summed E-state index contributed by atoms with van der Waals surface area (Å²) in [4.78, 5) is 37.9. The van der Waals surface area contributed by atoms with E-state index in [2.05, 4.69) is 87.6 Å².